The van der Waals surface area contributed by atoms with E-state index in [1.54, 1.807) is 24.3 Å². The number of benzene rings is 1. The van der Waals surface area contributed by atoms with Gasteiger partial charge in [-0.15, -0.1) is 12.4 Å². The molecule has 6 nitrogen and oxygen atoms in total. The van der Waals surface area contributed by atoms with Crippen LogP contribution in [0.15, 0.2) is 24.3 Å². The zero-order valence-corrected chi connectivity index (χ0v) is 13.7. The van der Waals surface area contributed by atoms with Gasteiger partial charge in [0.1, 0.15) is 0 Å². The Kier molecular flexibility index (Phi) is 6.24. The number of hydrogen-bond donors (Lipinski definition) is 4. The maximum absolute atomic E-state index is 12.2. The zero-order valence-electron chi connectivity index (χ0n) is 12.9. The van der Waals surface area contributed by atoms with Gasteiger partial charge in [0.2, 0.25) is 0 Å². The van der Waals surface area contributed by atoms with E-state index in [1.807, 2.05) is 0 Å². The summed E-state index contributed by atoms with van der Waals surface area (Å²) in [6, 6.07) is 7.47. The maximum Gasteiger partial charge on any atom is 0.319 e. The van der Waals surface area contributed by atoms with Crippen molar-refractivity contribution in [3.8, 4) is 0 Å². The van der Waals surface area contributed by atoms with E-state index in [0.717, 1.165) is 32.2 Å². The number of nitrogens with one attached hydrogen (secondary N) is 4. The van der Waals surface area contributed by atoms with Crippen LogP contribution in [0.3, 0.4) is 0 Å². The molecule has 3 rings (SSSR count). The van der Waals surface area contributed by atoms with Crippen molar-refractivity contribution in [1.82, 2.24) is 16.0 Å². The van der Waals surface area contributed by atoms with Crippen LogP contribution >= 0.6 is 12.4 Å². The molecule has 2 aliphatic rings. The number of urea groups is 1. The third-order valence-corrected chi connectivity index (χ3v) is 3.97. The summed E-state index contributed by atoms with van der Waals surface area (Å²) in [5.74, 6) is -0.111. The van der Waals surface area contributed by atoms with Crippen LogP contribution < -0.4 is 21.3 Å². The molecule has 3 amide bonds. The average molecular weight is 339 g/mol. The van der Waals surface area contributed by atoms with Gasteiger partial charge in [-0.25, -0.2) is 4.79 Å². The van der Waals surface area contributed by atoms with E-state index in [0.29, 0.717) is 29.9 Å². The summed E-state index contributed by atoms with van der Waals surface area (Å²) in [5.41, 5.74) is 1.19. The minimum absolute atomic E-state index is 0. The average Bonchev–Trinajstić information content (AvgIpc) is 3.16. The Morgan fingerprint density at radius 2 is 2.04 bits per heavy atom. The largest absolute Gasteiger partial charge is 0.350 e. The summed E-state index contributed by atoms with van der Waals surface area (Å²) in [4.78, 5) is 23.9. The standard InChI is InChI=1S/C16H22N4O2.ClH/c21-15(18-10-14-5-2-8-17-14)11-3-1-4-13(9-11)20-16(22)19-12-6-7-12;/h1,3-4,9,12,14,17H,2,5-8,10H2,(H,18,21)(H2,19,20,22);1H. The first-order chi connectivity index (χ1) is 10.7. The smallest absolute Gasteiger partial charge is 0.319 e. The molecule has 1 unspecified atom stereocenters. The van der Waals surface area contributed by atoms with Gasteiger partial charge in [0.25, 0.3) is 5.91 Å². The lowest BCUT2D eigenvalue weighted by Crippen LogP contribution is -2.37. The molecule has 1 aliphatic heterocycles. The number of anilines is 1. The van der Waals surface area contributed by atoms with E-state index in [9.17, 15) is 9.59 Å². The monoisotopic (exact) mass is 338 g/mol. The second-order valence-corrected chi connectivity index (χ2v) is 5.96. The molecule has 1 aliphatic carbocycles. The highest BCUT2D eigenvalue weighted by molar-refractivity contribution is 5.97. The Morgan fingerprint density at radius 1 is 1.22 bits per heavy atom. The second-order valence-electron chi connectivity index (χ2n) is 5.96. The van der Waals surface area contributed by atoms with Gasteiger partial charge in [-0.1, -0.05) is 6.07 Å². The van der Waals surface area contributed by atoms with Crippen molar-refractivity contribution < 1.29 is 9.59 Å². The zero-order chi connectivity index (χ0) is 15.4. The third kappa shape index (κ3) is 5.41. The van der Waals surface area contributed by atoms with E-state index in [4.69, 9.17) is 0 Å². The number of carbonyl (C=O) groups excluding carboxylic acids is 2. The number of amides is 3. The Hall–Kier alpha value is -1.79. The topological polar surface area (TPSA) is 82.3 Å². The lowest BCUT2D eigenvalue weighted by atomic mass is 10.1. The van der Waals surface area contributed by atoms with Gasteiger partial charge in [-0.3, -0.25) is 4.79 Å². The van der Waals surface area contributed by atoms with Gasteiger partial charge in [-0.05, 0) is 50.4 Å². The normalized spacial score (nSPS) is 19.6. The molecule has 1 saturated heterocycles. The molecule has 7 heteroatoms. The number of halogens is 1. The molecule has 0 radical (unpaired) electrons. The summed E-state index contributed by atoms with van der Waals surface area (Å²) in [5, 5.41) is 11.9. The molecule has 0 bridgehead atoms. The first-order valence-electron chi connectivity index (χ1n) is 7.90. The minimum atomic E-state index is -0.213. The van der Waals surface area contributed by atoms with Crippen LogP contribution in [0.4, 0.5) is 10.5 Å². The number of carbonyl (C=O) groups is 2. The molecule has 1 aromatic rings. The van der Waals surface area contributed by atoms with Crippen LogP contribution in [0.25, 0.3) is 0 Å². The van der Waals surface area contributed by atoms with Gasteiger partial charge in [0.15, 0.2) is 0 Å². The molecular weight excluding hydrogens is 316 g/mol. The van der Waals surface area contributed by atoms with E-state index >= 15 is 0 Å². The number of hydrogen-bond acceptors (Lipinski definition) is 3. The Morgan fingerprint density at radius 3 is 2.74 bits per heavy atom. The predicted molar refractivity (Wildman–Crippen MR) is 92.2 cm³/mol. The van der Waals surface area contributed by atoms with Crippen molar-refractivity contribution in [2.75, 3.05) is 18.4 Å². The molecule has 0 spiro atoms. The lowest BCUT2D eigenvalue weighted by molar-refractivity contribution is 0.0950. The molecule has 1 atom stereocenters. The Labute approximate surface area is 142 Å². The van der Waals surface area contributed by atoms with Crippen LogP contribution in [-0.4, -0.2) is 37.1 Å². The van der Waals surface area contributed by atoms with Crippen LogP contribution in [0.1, 0.15) is 36.0 Å². The summed E-state index contributed by atoms with van der Waals surface area (Å²) in [6.07, 6.45) is 4.36. The van der Waals surface area contributed by atoms with Crippen LogP contribution in [0.2, 0.25) is 0 Å². The summed E-state index contributed by atoms with van der Waals surface area (Å²) in [7, 11) is 0. The highest BCUT2D eigenvalue weighted by Gasteiger charge is 2.23. The quantitative estimate of drug-likeness (QED) is 0.661. The SMILES string of the molecule is Cl.O=C(Nc1cccc(C(=O)NCC2CCCN2)c1)NC1CC1. The summed E-state index contributed by atoms with van der Waals surface area (Å²) in [6.45, 7) is 1.66. The molecule has 126 valence electrons. The van der Waals surface area contributed by atoms with Crippen molar-refractivity contribution in [2.45, 2.75) is 37.8 Å². The lowest BCUT2D eigenvalue weighted by Gasteiger charge is -2.12. The van der Waals surface area contributed by atoms with E-state index in [-0.39, 0.29) is 24.3 Å². The van der Waals surface area contributed by atoms with Gasteiger partial charge in [0, 0.05) is 29.9 Å². The maximum atomic E-state index is 12.2. The fourth-order valence-corrected chi connectivity index (χ4v) is 2.57. The fourth-order valence-electron chi connectivity index (χ4n) is 2.57. The number of rotatable bonds is 5. The first kappa shape index (κ1) is 17.6. The van der Waals surface area contributed by atoms with Crippen molar-refractivity contribution in [3.05, 3.63) is 29.8 Å². The summed E-state index contributed by atoms with van der Waals surface area (Å²) < 4.78 is 0. The van der Waals surface area contributed by atoms with Gasteiger partial charge < -0.3 is 21.3 Å². The molecule has 0 aromatic heterocycles. The fraction of sp³-hybridized carbons (Fsp3) is 0.500. The molecule has 4 N–H and O–H groups in total. The Bertz CT molecular complexity index is 557. The minimum Gasteiger partial charge on any atom is -0.350 e. The van der Waals surface area contributed by atoms with E-state index < -0.39 is 0 Å². The molecule has 1 aromatic carbocycles. The molecule has 1 heterocycles. The van der Waals surface area contributed by atoms with E-state index in [1.165, 1.54) is 0 Å². The van der Waals surface area contributed by atoms with Gasteiger partial charge in [0.05, 0.1) is 0 Å². The van der Waals surface area contributed by atoms with Crippen LogP contribution in [0.5, 0.6) is 0 Å². The highest BCUT2D eigenvalue weighted by atomic mass is 35.5. The Balaban J connectivity index is 0.00000192. The molecule has 1 saturated carbocycles. The molecular formula is C16H23ClN4O2. The van der Waals surface area contributed by atoms with Crippen molar-refractivity contribution in [3.63, 3.8) is 0 Å². The van der Waals surface area contributed by atoms with Crippen LogP contribution in [0, 0.1) is 0 Å². The summed E-state index contributed by atoms with van der Waals surface area (Å²) >= 11 is 0. The predicted octanol–water partition coefficient (Wildman–Crippen LogP) is 1.87. The first-order valence-corrected chi connectivity index (χ1v) is 7.90. The third-order valence-electron chi connectivity index (χ3n) is 3.97. The van der Waals surface area contributed by atoms with E-state index in [2.05, 4.69) is 21.3 Å². The molecule has 2 fully saturated rings. The van der Waals surface area contributed by atoms with Crippen molar-refractivity contribution >= 4 is 30.0 Å². The highest BCUT2D eigenvalue weighted by Crippen LogP contribution is 2.19. The van der Waals surface area contributed by atoms with Crippen LogP contribution in [-0.2, 0) is 0 Å². The van der Waals surface area contributed by atoms with Crippen molar-refractivity contribution in [1.29, 1.82) is 0 Å². The van der Waals surface area contributed by atoms with Gasteiger partial charge >= 0.3 is 6.03 Å². The molecule has 23 heavy (non-hydrogen) atoms. The second kappa shape index (κ2) is 8.17. The van der Waals surface area contributed by atoms with Gasteiger partial charge in [-0.2, -0.15) is 0 Å². The van der Waals surface area contributed by atoms with Crippen molar-refractivity contribution in [2.24, 2.45) is 0 Å².